The lowest BCUT2D eigenvalue weighted by Gasteiger charge is -2.41. The van der Waals surface area contributed by atoms with E-state index in [1.807, 2.05) is 0 Å². The lowest BCUT2D eigenvalue weighted by Crippen LogP contribution is -2.46. The van der Waals surface area contributed by atoms with Crippen molar-refractivity contribution < 1.29 is 9.13 Å². The molecule has 1 aromatic rings. The number of fused-ring (bicyclic) bond motifs is 2. The third-order valence-corrected chi connectivity index (χ3v) is 7.15. The van der Waals surface area contributed by atoms with Crippen LogP contribution < -0.4 is 4.74 Å². The van der Waals surface area contributed by atoms with Crippen LogP contribution in [0, 0.1) is 11.8 Å². The number of piperidine rings is 1. The molecule has 0 amide bonds. The second-order valence-electron chi connectivity index (χ2n) is 8.36. The highest BCUT2D eigenvalue weighted by molar-refractivity contribution is 6.30. The molecule has 0 radical (unpaired) electrons. The minimum absolute atomic E-state index is 0.536. The molecule has 1 saturated heterocycles. The van der Waals surface area contributed by atoms with Crippen LogP contribution >= 0.6 is 11.6 Å². The summed E-state index contributed by atoms with van der Waals surface area (Å²) in [7, 11) is 1.60. The molecule has 1 heterocycles. The SMILES string of the molecule is COc1ccc(Cl)cc1C1(F)CCN(C2CCC3CCC(C3)C2)CC1. The van der Waals surface area contributed by atoms with Gasteiger partial charge in [-0.15, -0.1) is 0 Å². The Hall–Kier alpha value is -0.800. The summed E-state index contributed by atoms with van der Waals surface area (Å²) in [5.41, 5.74) is -0.696. The van der Waals surface area contributed by atoms with Crippen LogP contribution in [0.2, 0.25) is 5.02 Å². The van der Waals surface area contributed by atoms with Gasteiger partial charge in [0.05, 0.1) is 7.11 Å². The van der Waals surface area contributed by atoms with Gasteiger partial charge in [-0.2, -0.15) is 0 Å². The van der Waals surface area contributed by atoms with Crippen molar-refractivity contribution in [2.45, 2.75) is 63.1 Å². The van der Waals surface area contributed by atoms with Gasteiger partial charge in [-0.25, -0.2) is 4.39 Å². The molecule has 0 N–H and O–H groups in total. The summed E-state index contributed by atoms with van der Waals surface area (Å²) in [4.78, 5) is 2.57. The van der Waals surface area contributed by atoms with Crippen molar-refractivity contribution in [3.8, 4) is 5.75 Å². The van der Waals surface area contributed by atoms with Crippen LogP contribution in [0.5, 0.6) is 5.75 Å². The fourth-order valence-corrected chi connectivity index (χ4v) is 5.63. The highest BCUT2D eigenvalue weighted by atomic mass is 35.5. The van der Waals surface area contributed by atoms with Gasteiger partial charge in [0.2, 0.25) is 0 Å². The normalized spacial score (nSPS) is 32.4. The van der Waals surface area contributed by atoms with E-state index in [-0.39, 0.29) is 0 Å². The molecule has 138 valence electrons. The van der Waals surface area contributed by atoms with E-state index in [0.717, 1.165) is 24.9 Å². The Labute approximate surface area is 155 Å². The number of ether oxygens (including phenoxy) is 1. The molecule has 3 aliphatic rings. The van der Waals surface area contributed by atoms with Crippen molar-refractivity contribution in [2.75, 3.05) is 20.2 Å². The first-order chi connectivity index (χ1) is 12.1. The molecule has 4 rings (SSSR count). The molecule has 1 aliphatic heterocycles. The van der Waals surface area contributed by atoms with Gasteiger partial charge in [0.15, 0.2) is 0 Å². The van der Waals surface area contributed by atoms with Gasteiger partial charge in [0, 0.05) is 29.7 Å². The van der Waals surface area contributed by atoms with Gasteiger partial charge in [-0.05, 0) is 68.6 Å². The lowest BCUT2D eigenvalue weighted by molar-refractivity contribution is 0.0269. The van der Waals surface area contributed by atoms with E-state index in [1.165, 1.54) is 38.5 Å². The number of methoxy groups -OCH3 is 1. The van der Waals surface area contributed by atoms with Crippen LogP contribution in [0.1, 0.15) is 56.9 Å². The van der Waals surface area contributed by atoms with Crippen molar-refractivity contribution in [3.63, 3.8) is 0 Å². The van der Waals surface area contributed by atoms with Crippen molar-refractivity contribution in [1.82, 2.24) is 4.90 Å². The summed E-state index contributed by atoms with van der Waals surface area (Å²) in [6, 6.07) is 5.97. The molecule has 3 unspecified atom stereocenters. The summed E-state index contributed by atoms with van der Waals surface area (Å²) in [6.45, 7) is 1.68. The standard InChI is InChI=1S/C21H29ClFNO/c1-25-20-7-5-17(22)14-19(20)21(23)8-10-24(11-9-21)18-6-4-15-2-3-16(12-15)13-18/h5,7,14-16,18H,2-4,6,8-13H2,1H3. The molecular weight excluding hydrogens is 337 g/mol. The van der Waals surface area contributed by atoms with Crippen molar-refractivity contribution >= 4 is 11.6 Å². The first-order valence-electron chi connectivity index (χ1n) is 9.84. The van der Waals surface area contributed by atoms with Gasteiger partial charge in [0.1, 0.15) is 11.4 Å². The van der Waals surface area contributed by atoms with Crippen molar-refractivity contribution in [1.29, 1.82) is 0 Å². The predicted octanol–water partition coefficient (Wildman–Crippen LogP) is 5.58. The molecule has 3 atom stereocenters. The van der Waals surface area contributed by atoms with E-state index in [0.29, 0.717) is 35.2 Å². The van der Waals surface area contributed by atoms with E-state index in [1.54, 1.807) is 25.3 Å². The second-order valence-corrected chi connectivity index (χ2v) is 8.79. The smallest absolute Gasteiger partial charge is 0.142 e. The first-order valence-corrected chi connectivity index (χ1v) is 10.2. The Morgan fingerprint density at radius 1 is 1.08 bits per heavy atom. The third kappa shape index (κ3) is 3.55. The number of rotatable bonds is 3. The molecule has 1 aromatic carbocycles. The van der Waals surface area contributed by atoms with Crippen molar-refractivity contribution in [2.24, 2.45) is 11.8 Å². The number of halogens is 2. The molecule has 2 bridgehead atoms. The molecule has 25 heavy (non-hydrogen) atoms. The number of hydrogen-bond donors (Lipinski definition) is 0. The lowest BCUT2D eigenvalue weighted by atomic mass is 9.84. The zero-order valence-electron chi connectivity index (χ0n) is 15.1. The van der Waals surface area contributed by atoms with E-state index >= 15 is 4.39 Å². The number of nitrogens with zero attached hydrogens (tertiary/aromatic N) is 1. The first kappa shape index (κ1) is 17.6. The Bertz CT molecular complexity index is 614. The number of alkyl halides is 1. The summed E-state index contributed by atoms with van der Waals surface area (Å²) >= 11 is 6.13. The van der Waals surface area contributed by atoms with Crippen LogP contribution in [0.15, 0.2) is 18.2 Å². The molecule has 2 aliphatic carbocycles. The average Bonchev–Trinajstić information content (AvgIpc) is 2.95. The molecule has 2 nitrogen and oxygen atoms in total. The van der Waals surface area contributed by atoms with Gasteiger partial charge in [-0.3, -0.25) is 0 Å². The van der Waals surface area contributed by atoms with Gasteiger partial charge in [-0.1, -0.05) is 24.4 Å². The predicted molar refractivity (Wildman–Crippen MR) is 100 cm³/mol. The van der Waals surface area contributed by atoms with E-state index in [4.69, 9.17) is 16.3 Å². The fraction of sp³-hybridized carbons (Fsp3) is 0.714. The number of benzene rings is 1. The molecule has 4 heteroatoms. The van der Waals surface area contributed by atoms with Gasteiger partial charge in [0.25, 0.3) is 0 Å². The molecule has 0 spiro atoms. The zero-order valence-corrected chi connectivity index (χ0v) is 15.9. The summed E-state index contributed by atoms with van der Waals surface area (Å²) in [5.74, 6) is 2.51. The average molecular weight is 366 g/mol. The van der Waals surface area contributed by atoms with Crippen LogP contribution in [0.3, 0.4) is 0 Å². The van der Waals surface area contributed by atoms with Gasteiger partial charge < -0.3 is 9.64 Å². The Balaban J connectivity index is 1.45. The van der Waals surface area contributed by atoms with Crippen LogP contribution in [0.4, 0.5) is 4.39 Å². The van der Waals surface area contributed by atoms with E-state index in [2.05, 4.69) is 4.90 Å². The number of likely N-dealkylation sites (tertiary alicyclic amines) is 1. The molecule has 0 aromatic heterocycles. The third-order valence-electron chi connectivity index (χ3n) is 6.91. The zero-order chi connectivity index (χ0) is 17.4. The second kappa shape index (κ2) is 7.08. The monoisotopic (exact) mass is 365 g/mol. The molecule has 3 fully saturated rings. The maximum Gasteiger partial charge on any atom is 0.142 e. The Kier molecular flexibility index (Phi) is 4.98. The Morgan fingerprint density at radius 3 is 2.56 bits per heavy atom. The van der Waals surface area contributed by atoms with Crippen LogP contribution in [-0.4, -0.2) is 31.1 Å². The number of hydrogen-bond acceptors (Lipinski definition) is 2. The molecule has 2 saturated carbocycles. The quantitative estimate of drug-likeness (QED) is 0.693. The van der Waals surface area contributed by atoms with E-state index in [9.17, 15) is 0 Å². The topological polar surface area (TPSA) is 12.5 Å². The minimum atomic E-state index is -1.32. The summed E-state index contributed by atoms with van der Waals surface area (Å²) in [6.07, 6.45) is 9.39. The van der Waals surface area contributed by atoms with Gasteiger partial charge >= 0.3 is 0 Å². The van der Waals surface area contributed by atoms with Crippen LogP contribution in [0.25, 0.3) is 0 Å². The molecular formula is C21H29ClFNO. The summed E-state index contributed by atoms with van der Waals surface area (Å²) < 4.78 is 21.1. The summed E-state index contributed by atoms with van der Waals surface area (Å²) in [5, 5.41) is 0.579. The van der Waals surface area contributed by atoms with Crippen LogP contribution in [-0.2, 0) is 5.67 Å². The maximum atomic E-state index is 15.7. The van der Waals surface area contributed by atoms with E-state index < -0.39 is 5.67 Å². The largest absolute Gasteiger partial charge is 0.496 e. The fourth-order valence-electron chi connectivity index (χ4n) is 5.46. The Morgan fingerprint density at radius 2 is 1.80 bits per heavy atom. The maximum absolute atomic E-state index is 15.7. The highest BCUT2D eigenvalue weighted by Gasteiger charge is 2.41. The highest BCUT2D eigenvalue weighted by Crippen LogP contribution is 2.45. The minimum Gasteiger partial charge on any atom is -0.496 e. The van der Waals surface area contributed by atoms with Crippen molar-refractivity contribution in [3.05, 3.63) is 28.8 Å².